The Kier molecular flexibility index (Phi) is 5.89. The lowest BCUT2D eigenvalue weighted by Crippen LogP contribution is -2.35. The summed E-state index contributed by atoms with van der Waals surface area (Å²) in [5.41, 5.74) is 3.74. The fourth-order valence-corrected chi connectivity index (χ4v) is 2.97. The Morgan fingerprint density at radius 2 is 1.89 bits per heavy atom. The third-order valence-electron chi connectivity index (χ3n) is 4.31. The maximum atomic E-state index is 12.8. The van der Waals surface area contributed by atoms with Crippen molar-refractivity contribution in [2.45, 2.75) is 27.2 Å². The second-order valence-electron chi connectivity index (χ2n) is 6.35. The lowest BCUT2D eigenvalue weighted by Gasteiger charge is -2.15. The molecule has 3 rings (SSSR count). The van der Waals surface area contributed by atoms with E-state index in [1.54, 1.807) is 19.1 Å². The van der Waals surface area contributed by atoms with E-state index in [0.29, 0.717) is 23.4 Å². The number of carbonyl (C=O) groups excluding carboxylic acids is 2. The highest BCUT2D eigenvalue weighted by Gasteiger charge is 2.27. The number of carbonyl (C=O) groups is 2. The monoisotopic (exact) mass is 377 g/mol. The van der Waals surface area contributed by atoms with Gasteiger partial charge in [-0.15, -0.1) is 0 Å². The summed E-state index contributed by atoms with van der Waals surface area (Å²) in [6, 6.07) is 14.7. The number of benzene rings is 2. The summed E-state index contributed by atoms with van der Waals surface area (Å²) >= 11 is 0. The summed E-state index contributed by atoms with van der Waals surface area (Å²) < 4.78 is 5.24. The molecule has 1 aliphatic rings. The molecule has 0 bridgehead atoms. The molecule has 0 saturated heterocycles. The second kappa shape index (κ2) is 8.52. The number of hydrogen-bond acceptors (Lipinski definition) is 5. The molecule has 1 aliphatic heterocycles. The SMILES string of the molecule is CCOC(=O)C1=C(CC)Nc2ccccc2N=C1NC(=O)c1cccc(C)c1. The van der Waals surface area contributed by atoms with Crippen molar-refractivity contribution in [2.24, 2.45) is 4.99 Å². The molecule has 1 amide bonds. The molecule has 0 aliphatic carbocycles. The number of para-hydroxylation sites is 2. The van der Waals surface area contributed by atoms with E-state index in [0.717, 1.165) is 11.3 Å². The smallest absolute Gasteiger partial charge is 0.343 e. The third kappa shape index (κ3) is 4.11. The molecule has 6 nitrogen and oxygen atoms in total. The fraction of sp³-hybridized carbons (Fsp3) is 0.227. The molecule has 0 unspecified atom stereocenters. The number of amidine groups is 1. The predicted octanol–water partition coefficient (Wildman–Crippen LogP) is 4.11. The summed E-state index contributed by atoms with van der Waals surface area (Å²) in [7, 11) is 0. The molecule has 0 saturated carbocycles. The molecular weight excluding hydrogens is 354 g/mol. The summed E-state index contributed by atoms with van der Waals surface area (Å²) in [6.07, 6.45) is 0.543. The van der Waals surface area contributed by atoms with E-state index in [-0.39, 0.29) is 23.9 Å². The molecule has 2 N–H and O–H groups in total. The van der Waals surface area contributed by atoms with Crippen LogP contribution in [0.25, 0.3) is 0 Å². The number of nitrogens with zero attached hydrogens (tertiary/aromatic N) is 1. The maximum Gasteiger partial charge on any atom is 0.343 e. The first-order chi connectivity index (χ1) is 13.5. The van der Waals surface area contributed by atoms with Crippen LogP contribution in [0, 0.1) is 6.92 Å². The van der Waals surface area contributed by atoms with Gasteiger partial charge in [0.15, 0.2) is 0 Å². The number of anilines is 1. The number of aliphatic imine (C=N–C) groups is 1. The van der Waals surface area contributed by atoms with Crippen LogP contribution in [0.3, 0.4) is 0 Å². The molecule has 0 aromatic heterocycles. The first kappa shape index (κ1) is 19.4. The number of allylic oxidation sites excluding steroid dienone is 1. The van der Waals surface area contributed by atoms with Crippen molar-refractivity contribution in [3.8, 4) is 0 Å². The van der Waals surface area contributed by atoms with Gasteiger partial charge in [-0.05, 0) is 44.5 Å². The van der Waals surface area contributed by atoms with Crippen molar-refractivity contribution in [1.82, 2.24) is 5.32 Å². The van der Waals surface area contributed by atoms with Crippen molar-refractivity contribution < 1.29 is 14.3 Å². The van der Waals surface area contributed by atoms with E-state index < -0.39 is 5.97 Å². The average molecular weight is 377 g/mol. The van der Waals surface area contributed by atoms with Gasteiger partial charge in [0.1, 0.15) is 11.4 Å². The molecule has 0 fully saturated rings. The van der Waals surface area contributed by atoms with Crippen LogP contribution in [0.2, 0.25) is 0 Å². The second-order valence-corrected chi connectivity index (χ2v) is 6.35. The van der Waals surface area contributed by atoms with Gasteiger partial charge < -0.3 is 15.4 Å². The molecule has 2 aromatic carbocycles. The summed E-state index contributed by atoms with van der Waals surface area (Å²) in [4.78, 5) is 30.1. The molecule has 1 heterocycles. The Hall–Kier alpha value is -3.41. The normalized spacial score (nSPS) is 13.0. The Bertz CT molecular complexity index is 976. The number of amides is 1. The van der Waals surface area contributed by atoms with Gasteiger partial charge in [0.25, 0.3) is 5.91 Å². The quantitative estimate of drug-likeness (QED) is 0.786. The summed E-state index contributed by atoms with van der Waals surface area (Å²) in [6.45, 7) is 5.81. The molecule has 0 atom stereocenters. The molecule has 0 spiro atoms. The first-order valence-corrected chi connectivity index (χ1v) is 9.26. The van der Waals surface area contributed by atoms with Crippen LogP contribution in [0.15, 0.2) is 64.8 Å². The molecule has 28 heavy (non-hydrogen) atoms. The van der Waals surface area contributed by atoms with Crippen LogP contribution in [0.4, 0.5) is 11.4 Å². The van der Waals surface area contributed by atoms with E-state index in [1.807, 2.05) is 50.2 Å². The number of aryl methyl sites for hydroxylation is 1. The van der Waals surface area contributed by atoms with E-state index in [4.69, 9.17) is 4.74 Å². The first-order valence-electron chi connectivity index (χ1n) is 9.26. The van der Waals surface area contributed by atoms with Crippen LogP contribution in [0.1, 0.15) is 36.2 Å². The Morgan fingerprint density at radius 1 is 1.11 bits per heavy atom. The molecule has 2 aromatic rings. The molecule has 6 heteroatoms. The zero-order chi connectivity index (χ0) is 20.1. The van der Waals surface area contributed by atoms with Gasteiger partial charge in [-0.1, -0.05) is 36.8 Å². The number of hydrogen-bond donors (Lipinski definition) is 2. The number of ether oxygens (including phenoxy) is 1. The van der Waals surface area contributed by atoms with E-state index in [2.05, 4.69) is 15.6 Å². The van der Waals surface area contributed by atoms with Crippen LogP contribution in [0.5, 0.6) is 0 Å². The largest absolute Gasteiger partial charge is 0.462 e. The van der Waals surface area contributed by atoms with Gasteiger partial charge >= 0.3 is 5.97 Å². The van der Waals surface area contributed by atoms with Crippen molar-refractivity contribution >= 4 is 29.1 Å². The van der Waals surface area contributed by atoms with Crippen molar-refractivity contribution in [3.63, 3.8) is 0 Å². The van der Waals surface area contributed by atoms with Crippen LogP contribution >= 0.6 is 0 Å². The minimum atomic E-state index is -0.525. The van der Waals surface area contributed by atoms with Crippen LogP contribution < -0.4 is 10.6 Å². The topological polar surface area (TPSA) is 79.8 Å². The Morgan fingerprint density at radius 3 is 2.61 bits per heavy atom. The summed E-state index contributed by atoms with van der Waals surface area (Å²) in [5.74, 6) is -0.679. The highest BCUT2D eigenvalue weighted by Crippen LogP contribution is 2.31. The average Bonchev–Trinajstić information content (AvgIpc) is 2.84. The zero-order valence-electron chi connectivity index (χ0n) is 16.2. The van der Waals surface area contributed by atoms with E-state index in [1.165, 1.54) is 0 Å². The fourth-order valence-electron chi connectivity index (χ4n) is 2.97. The lowest BCUT2D eigenvalue weighted by atomic mass is 10.1. The molecule has 144 valence electrons. The molecular formula is C22H23N3O3. The number of fused-ring (bicyclic) bond motifs is 1. The van der Waals surface area contributed by atoms with E-state index in [9.17, 15) is 9.59 Å². The maximum absolute atomic E-state index is 12.8. The highest BCUT2D eigenvalue weighted by molar-refractivity contribution is 6.25. The Balaban J connectivity index is 2.07. The zero-order valence-corrected chi connectivity index (χ0v) is 16.2. The van der Waals surface area contributed by atoms with E-state index >= 15 is 0 Å². The lowest BCUT2D eigenvalue weighted by molar-refractivity contribution is -0.137. The highest BCUT2D eigenvalue weighted by atomic mass is 16.5. The van der Waals surface area contributed by atoms with Gasteiger partial charge in [0.05, 0.1) is 18.0 Å². The van der Waals surface area contributed by atoms with Gasteiger partial charge in [-0.2, -0.15) is 0 Å². The van der Waals surface area contributed by atoms with Gasteiger partial charge in [0, 0.05) is 11.3 Å². The van der Waals surface area contributed by atoms with Crippen molar-refractivity contribution in [2.75, 3.05) is 11.9 Å². The van der Waals surface area contributed by atoms with Crippen LogP contribution in [-0.4, -0.2) is 24.3 Å². The third-order valence-corrected chi connectivity index (χ3v) is 4.31. The van der Waals surface area contributed by atoms with Gasteiger partial charge in [-0.25, -0.2) is 9.79 Å². The number of rotatable bonds is 4. The van der Waals surface area contributed by atoms with Gasteiger partial charge in [0.2, 0.25) is 0 Å². The minimum Gasteiger partial charge on any atom is -0.462 e. The molecule has 0 radical (unpaired) electrons. The van der Waals surface area contributed by atoms with Crippen LogP contribution in [-0.2, 0) is 9.53 Å². The number of nitrogens with one attached hydrogen (secondary N) is 2. The van der Waals surface area contributed by atoms with Gasteiger partial charge in [-0.3, -0.25) is 4.79 Å². The number of esters is 1. The standard InChI is InChI=1S/C22H23N3O3/c1-4-16-19(22(27)28-5-2)20(24-18-12-7-6-11-17(18)23-16)25-21(26)15-10-8-9-14(3)13-15/h6-13,23H,4-5H2,1-3H3,(H,24,25,26). The summed E-state index contributed by atoms with van der Waals surface area (Å²) in [5, 5.41) is 6.07. The minimum absolute atomic E-state index is 0.180. The van der Waals surface area contributed by atoms with Crippen molar-refractivity contribution in [3.05, 3.63) is 70.9 Å². The Labute approximate surface area is 164 Å². The van der Waals surface area contributed by atoms with Crippen molar-refractivity contribution in [1.29, 1.82) is 0 Å². The predicted molar refractivity (Wildman–Crippen MR) is 110 cm³/mol.